The minimum absolute atomic E-state index is 0.507. The van der Waals surface area contributed by atoms with E-state index in [0.717, 1.165) is 5.92 Å². The van der Waals surface area contributed by atoms with Gasteiger partial charge < -0.3 is 4.48 Å². The van der Waals surface area contributed by atoms with Crippen molar-refractivity contribution in [3.8, 4) is 0 Å². The van der Waals surface area contributed by atoms with E-state index in [1.54, 1.807) is 0 Å². The maximum absolute atomic E-state index is 2.60. The second kappa shape index (κ2) is 4.91. The van der Waals surface area contributed by atoms with E-state index in [0.29, 0.717) is 5.54 Å². The van der Waals surface area contributed by atoms with Crippen molar-refractivity contribution in [2.45, 2.75) is 77.2 Å². The summed E-state index contributed by atoms with van der Waals surface area (Å²) in [5.41, 5.74) is 4.27. The van der Waals surface area contributed by atoms with Gasteiger partial charge in [0, 0.05) is 18.8 Å². The van der Waals surface area contributed by atoms with Gasteiger partial charge >= 0.3 is 0 Å². The third kappa shape index (κ3) is 2.09. The third-order valence-corrected chi connectivity index (χ3v) is 6.75. The summed E-state index contributed by atoms with van der Waals surface area (Å²) >= 11 is 0. The Labute approximate surface area is 119 Å². The lowest BCUT2D eigenvalue weighted by Gasteiger charge is -2.57. The van der Waals surface area contributed by atoms with Crippen LogP contribution in [0.4, 0.5) is 0 Å². The molecule has 0 radical (unpaired) electrons. The van der Waals surface area contributed by atoms with E-state index in [9.17, 15) is 0 Å². The molecular formula is C18H32N+. The molecule has 108 valence electrons. The lowest BCUT2D eigenvalue weighted by Crippen LogP contribution is -2.67. The van der Waals surface area contributed by atoms with Gasteiger partial charge in [-0.3, -0.25) is 0 Å². The van der Waals surface area contributed by atoms with Crippen LogP contribution in [-0.2, 0) is 0 Å². The fourth-order valence-electron chi connectivity index (χ4n) is 5.27. The molecule has 1 aliphatic carbocycles. The number of likely N-dealkylation sites (N-methyl/N-ethyl adjacent to an activating group) is 1. The molecule has 3 atom stereocenters. The largest absolute Gasteiger partial charge is 0.317 e. The standard InChI is InChI=1S/C18H32N/c1-4-5-7-15-10-12-18(2)17-9-6-8-16(17)11-13-19(18,3)14-15/h15H,4-14H2,1-3H3/q+1/t15-,18-,19?/m0/s1. The Morgan fingerprint density at radius 1 is 1.26 bits per heavy atom. The van der Waals surface area contributed by atoms with E-state index < -0.39 is 0 Å². The molecule has 19 heavy (non-hydrogen) atoms. The summed E-state index contributed by atoms with van der Waals surface area (Å²) in [6.45, 7) is 7.80. The topological polar surface area (TPSA) is 0 Å². The van der Waals surface area contributed by atoms with Crippen LogP contribution in [0.2, 0.25) is 0 Å². The zero-order valence-corrected chi connectivity index (χ0v) is 13.3. The summed E-state index contributed by atoms with van der Waals surface area (Å²) in [4.78, 5) is 0. The van der Waals surface area contributed by atoms with Crippen molar-refractivity contribution >= 4 is 0 Å². The molecule has 2 aliphatic heterocycles. The molecule has 0 aromatic carbocycles. The molecular weight excluding hydrogens is 230 g/mol. The fraction of sp³-hybridized carbons (Fsp3) is 0.889. The van der Waals surface area contributed by atoms with E-state index >= 15 is 0 Å². The Hall–Kier alpha value is -0.300. The molecule has 0 amide bonds. The summed E-state index contributed by atoms with van der Waals surface area (Å²) in [5, 5.41) is 0. The minimum atomic E-state index is 0.507. The SMILES string of the molecule is CCCC[C@H]1CC[C@@]2(C)C3=C(CCC3)CC[N+]2(C)C1. The van der Waals surface area contributed by atoms with E-state index in [2.05, 4.69) is 20.9 Å². The van der Waals surface area contributed by atoms with Crippen LogP contribution in [0.25, 0.3) is 0 Å². The highest BCUT2D eigenvalue weighted by Crippen LogP contribution is 2.51. The predicted molar refractivity (Wildman–Crippen MR) is 82.1 cm³/mol. The van der Waals surface area contributed by atoms with Gasteiger partial charge in [-0.15, -0.1) is 0 Å². The van der Waals surface area contributed by atoms with Gasteiger partial charge in [-0.05, 0) is 44.6 Å². The third-order valence-electron chi connectivity index (χ3n) is 6.75. The number of nitrogens with zero attached hydrogens (tertiary/aromatic N) is 1. The Kier molecular flexibility index (Phi) is 3.53. The highest BCUT2D eigenvalue weighted by atomic mass is 15.4. The van der Waals surface area contributed by atoms with Gasteiger partial charge in [0.25, 0.3) is 0 Å². The average molecular weight is 262 g/mol. The highest BCUT2D eigenvalue weighted by molar-refractivity contribution is 5.30. The van der Waals surface area contributed by atoms with Gasteiger partial charge in [-0.1, -0.05) is 25.3 Å². The van der Waals surface area contributed by atoms with Crippen molar-refractivity contribution in [1.82, 2.24) is 0 Å². The second-order valence-electron chi connectivity index (χ2n) is 7.81. The molecule has 1 nitrogen and oxygen atoms in total. The van der Waals surface area contributed by atoms with Gasteiger partial charge in [0.2, 0.25) is 0 Å². The smallest absolute Gasteiger partial charge is 0.118 e. The Balaban J connectivity index is 1.81. The number of hydrogen-bond acceptors (Lipinski definition) is 0. The molecule has 0 aromatic rings. The molecule has 0 N–H and O–H groups in total. The van der Waals surface area contributed by atoms with Crippen LogP contribution in [0.3, 0.4) is 0 Å². The quantitative estimate of drug-likeness (QED) is 0.512. The Bertz CT molecular complexity index is 383. The van der Waals surface area contributed by atoms with Gasteiger partial charge in [0.05, 0.1) is 20.1 Å². The van der Waals surface area contributed by atoms with Crippen LogP contribution in [0, 0.1) is 5.92 Å². The van der Waals surface area contributed by atoms with Crippen LogP contribution < -0.4 is 0 Å². The van der Waals surface area contributed by atoms with Gasteiger partial charge in [-0.2, -0.15) is 0 Å². The molecule has 0 bridgehead atoms. The van der Waals surface area contributed by atoms with Gasteiger partial charge in [0.1, 0.15) is 5.54 Å². The van der Waals surface area contributed by atoms with Crippen LogP contribution >= 0.6 is 0 Å². The first kappa shape index (κ1) is 13.7. The number of unbranched alkanes of at least 4 members (excludes halogenated alkanes) is 1. The lowest BCUT2D eigenvalue weighted by atomic mass is 9.71. The second-order valence-corrected chi connectivity index (χ2v) is 7.81. The van der Waals surface area contributed by atoms with Crippen LogP contribution in [0.15, 0.2) is 11.1 Å². The zero-order valence-electron chi connectivity index (χ0n) is 13.3. The summed E-state index contributed by atoms with van der Waals surface area (Å²) in [6.07, 6.45) is 12.9. The summed E-state index contributed by atoms with van der Waals surface area (Å²) in [7, 11) is 2.57. The first-order valence-corrected chi connectivity index (χ1v) is 8.65. The molecule has 1 heteroatoms. The Morgan fingerprint density at radius 3 is 2.89 bits per heavy atom. The predicted octanol–water partition coefficient (Wildman–Crippen LogP) is 4.68. The first-order valence-electron chi connectivity index (χ1n) is 8.65. The molecule has 3 aliphatic rings. The molecule has 1 unspecified atom stereocenters. The van der Waals surface area contributed by atoms with Crippen molar-refractivity contribution in [2.75, 3.05) is 20.1 Å². The van der Waals surface area contributed by atoms with Gasteiger partial charge in [-0.25, -0.2) is 0 Å². The van der Waals surface area contributed by atoms with Crippen LogP contribution in [0.1, 0.15) is 71.6 Å². The van der Waals surface area contributed by atoms with Crippen molar-refractivity contribution in [3.05, 3.63) is 11.1 Å². The maximum atomic E-state index is 2.60. The zero-order chi connectivity index (χ0) is 13.5. The van der Waals surface area contributed by atoms with Gasteiger partial charge in [0.15, 0.2) is 0 Å². The maximum Gasteiger partial charge on any atom is 0.118 e. The van der Waals surface area contributed by atoms with Crippen molar-refractivity contribution in [3.63, 3.8) is 0 Å². The molecule has 0 aromatic heterocycles. The molecule has 2 heterocycles. The van der Waals surface area contributed by atoms with E-state index in [4.69, 9.17) is 0 Å². The summed E-state index contributed by atoms with van der Waals surface area (Å²) in [5.74, 6) is 1.00. The lowest BCUT2D eigenvalue weighted by molar-refractivity contribution is -0.961. The molecule has 1 fully saturated rings. The first-order chi connectivity index (χ1) is 9.09. The molecule has 3 rings (SSSR count). The normalized spacial score (nSPS) is 42.2. The Morgan fingerprint density at radius 2 is 2.11 bits per heavy atom. The number of piperidine rings is 1. The van der Waals surface area contributed by atoms with Crippen molar-refractivity contribution in [2.24, 2.45) is 5.92 Å². The summed E-state index contributed by atoms with van der Waals surface area (Å²) < 4.78 is 1.36. The van der Waals surface area contributed by atoms with Crippen molar-refractivity contribution < 1.29 is 4.48 Å². The van der Waals surface area contributed by atoms with Crippen LogP contribution in [0.5, 0.6) is 0 Å². The van der Waals surface area contributed by atoms with E-state index in [1.807, 2.05) is 11.1 Å². The number of rotatable bonds is 3. The summed E-state index contributed by atoms with van der Waals surface area (Å²) in [6, 6.07) is 0. The highest BCUT2D eigenvalue weighted by Gasteiger charge is 2.54. The monoisotopic (exact) mass is 262 g/mol. The van der Waals surface area contributed by atoms with Crippen molar-refractivity contribution in [1.29, 1.82) is 0 Å². The molecule has 0 saturated carbocycles. The number of quaternary nitrogens is 1. The van der Waals surface area contributed by atoms with E-state index in [1.165, 1.54) is 75.4 Å². The van der Waals surface area contributed by atoms with Crippen LogP contribution in [-0.4, -0.2) is 30.2 Å². The average Bonchev–Trinajstić information content (AvgIpc) is 2.87. The fourth-order valence-corrected chi connectivity index (χ4v) is 5.27. The number of hydrogen-bond donors (Lipinski definition) is 0. The number of fused-ring (bicyclic) bond motifs is 2. The van der Waals surface area contributed by atoms with E-state index in [-0.39, 0.29) is 0 Å². The molecule has 0 spiro atoms. The minimum Gasteiger partial charge on any atom is -0.317 e. The molecule has 1 saturated heterocycles.